The van der Waals surface area contributed by atoms with Crippen molar-refractivity contribution in [3.63, 3.8) is 0 Å². The normalized spacial score (nSPS) is 24.9. The van der Waals surface area contributed by atoms with Gasteiger partial charge >= 0.3 is 0 Å². The molecule has 0 saturated carbocycles. The SMILES string of the molecule is CCC1(CC)CCN(CC(C)(O)C(C)C)C1. The molecule has 1 N–H and O–H groups in total. The fourth-order valence-electron chi connectivity index (χ4n) is 2.63. The molecule has 1 atom stereocenters. The van der Waals surface area contributed by atoms with Gasteiger partial charge in [0.15, 0.2) is 0 Å². The van der Waals surface area contributed by atoms with Crippen molar-refractivity contribution >= 4 is 0 Å². The van der Waals surface area contributed by atoms with Crippen LogP contribution in [0.1, 0.15) is 53.9 Å². The number of hydrogen-bond acceptors (Lipinski definition) is 2. The van der Waals surface area contributed by atoms with Crippen LogP contribution in [0.4, 0.5) is 0 Å². The Morgan fingerprint density at radius 3 is 2.25 bits per heavy atom. The Bertz CT molecular complexity index is 219. The van der Waals surface area contributed by atoms with Gasteiger partial charge in [0.05, 0.1) is 5.60 Å². The van der Waals surface area contributed by atoms with Crippen LogP contribution in [0.25, 0.3) is 0 Å². The van der Waals surface area contributed by atoms with Gasteiger partial charge in [-0.25, -0.2) is 0 Å². The molecule has 1 aliphatic rings. The topological polar surface area (TPSA) is 23.5 Å². The molecule has 0 spiro atoms. The summed E-state index contributed by atoms with van der Waals surface area (Å²) in [4.78, 5) is 2.45. The van der Waals surface area contributed by atoms with Crippen molar-refractivity contribution in [1.82, 2.24) is 4.90 Å². The molecule has 2 heteroatoms. The quantitative estimate of drug-likeness (QED) is 0.780. The molecule has 0 aliphatic carbocycles. The predicted octanol–water partition coefficient (Wildman–Crippen LogP) is 2.91. The van der Waals surface area contributed by atoms with Crippen molar-refractivity contribution in [2.24, 2.45) is 11.3 Å². The lowest BCUT2D eigenvalue weighted by Gasteiger charge is -2.33. The molecule has 1 rings (SSSR count). The molecule has 0 aromatic heterocycles. The highest BCUT2D eigenvalue weighted by Gasteiger charge is 2.38. The lowest BCUT2D eigenvalue weighted by Crippen LogP contribution is -2.44. The third-order valence-electron chi connectivity index (χ3n) is 4.80. The summed E-state index contributed by atoms with van der Waals surface area (Å²) < 4.78 is 0. The van der Waals surface area contributed by atoms with Crippen LogP contribution in [0.2, 0.25) is 0 Å². The highest BCUT2D eigenvalue weighted by Crippen LogP contribution is 2.37. The van der Waals surface area contributed by atoms with Crippen molar-refractivity contribution in [2.75, 3.05) is 19.6 Å². The maximum Gasteiger partial charge on any atom is 0.0768 e. The summed E-state index contributed by atoms with van der Waals surface area (Å²) in [6.45, 7) is 13.9. The molecular formula is C14H29NO. The molecule has 0 aromatic carbocycles. The van der Waals surface area contributed by atoms with Crippen molar-refractivity contribution in [3.8, 4) is 0 Å². The third-order valence-corrected chi connectivity index (χ3v) is 4.80. The molecule has 0 bridgehead atoms. The minimum Gasteiger partial charge on any atom is -0.389 e. The standard InChI is InChI=1S/C14H29NO/c1-6-14(7-2)8-9-15(11-14)10-13(5,16)12(3)4/h12,16H,6-11H2,1-5H3. The van der Waals surface area contributed by atoms with E-state index in [0.29, 0.717) is 11.3 Å². The predicted molar refractivity (Wildman–Crippen MR) is 69.5 cm³/mol. The summed E-state index contributed by atoms with van der Waals surface area (Å²) in [6, 6.07) is 0. The van der Waals surface area contributed by atoms with E-state index in [4.69, 9.17) is 0 Å². The van der Waals surface area contributed by atoms with Crippen molar-refractivity contribution in [1.29, 1.82) is 0 Å². The van der Waals surface area contributed by atoms with E-state index in [-0.39, 0.29) is 0 Å². The molecule has 1 fully saturated rings. The first-order valence-electron chi connectivity index (χ1n) is 6.80. The van der Waals surface area contributed by atoms with Crippen molar-refractivity contribution in [3.05, 3.63) is 0 Å². The maximum absolute atomic E-state index is 10.3. The number of nitrogens with zero attached hydrogens (tertiary/aromatic N) is 1. The average molecular weight is 227 g/mol. The molecule has 0 amide bonds. The second-order valence-electron chi connectivity index (χ2n) is 6.18. The van der Waals surface area contributed by atoms with Gasteiger partial charge in [-0.05, 0) is 44.1 Å². The summed E-state index contributed by atoms with van der Waals surface area (Å²) in [5.41, 5.74) is -0.0232. The Morgan fingerprint density at radius 1 is 1.31 bits per heavy atom. The number of β-amino-alcohol motifs (C(OH)–C–C–N with tert-alkyl or cyclic N) is 1. The summed E-state index contributed by atoms with van der Waals surface area (Å²) in [6.07, 6.45) is 3.84. The summed E-state index contributed by atoms with van der Waals surface area (Å²) in [7, 11) is 0. The Balaban J connectivity index is 2.54. The molecule has 96 valence electrons. The fraction of sp³-hybridized carbons (Fsp3) is 1.00. The van der Waals surface area contributed by atoms with Crippen molar-refractivity contribution in [2.45, 2.75) is 59.5 Å². The van der Waals surface area contributed by atoms with Gasteiger partial charge in [-0.15, -0.1) is 0 Å². The van der Waals surface area contributed by atoms with Gasteiger partial charge in [0.25, 0.3) is 0 Å². The average Bonchev–Trinajstić information content (AvgIpc) is 2.61. The van der Waals surface area contributed by atoms with Gasteiger partial charge in [0.1, 0.15) is 0 Å². The van der Waals surface area contributed by atoms with Crippen LogP contribution in [-0.4, -0.2) is 35.2 Å². The Morgan fingerprint density at radius 2 is 1.88 bits per heavy atom. The minimum atomic E-state index is -0.544. The minimum absolute atomic E-state index is 0.325. The first-order valence-corrected chi connectivity index (χ1v) is 6.80. The number of aliphatic hydroxyl groups is 1. The van der Waals surface area contributed by atoms with E-state index < -0.39 is 5.60 Å². The molecular weight excluding hydrogens is 198 g/mol. The first kappa shape index (κ1) is 14.0. The summed E-state index contributed by atoms with van der Waals surface area (Å²) in [5.74, 6) is 0.325. The van der Waals surface area contributed by atoms with Gasteiger partial charge in [-0.3, -0.25) is 4.90 Å². The van der Waals surface area contributed by atoms with E-state index in [1.807, 2.05) is 6.92 Å². The van der Waals surface area contributed by atoms with Gasteiger partial charge in [-0.2, -0.15) is 0 Å². The molecule has 0 radical (unpaired) electrons. The lowest BCUT2D eigenvalue weighted by molar-refractivity contribution is -0.0160. The second-order valence-corrected chi connectivity index (χ2v) is 6.18. The van der Waals surface area contributed by atoms with Crippen LogP contribution in [-0.2, 0) is 0 Å². The van der Waals surface area contributed by atoms with Crippen LogP contribution in [0.15, 0.2) is 0 Å². The first-order chi connectivity index (χ1) is 7.35. The molecule has 0 aromatic rings. The van der Waals surface area contributed by atoms with Gasteiger partial charge in [0, 0.05) is 13.1 Å². The fourth-order valence-corrected chi connectivity index (χ4v) is 2.63. The van der Waals surface area contributed by atoms with E-state index in [9.17, 15) is 5.11 Å². The van der Waals surface area contributed by atoms with Gasteiger partial charge < -0.3 is 5.11 Å². The van der Waals surface area contributed by atoms with E-state index in [0.717, 1.165) is 13.1 Å². The zero-order valence-electron chi connectivity index (χ0n) is 11.7. The number of rotatable bonds is 5. The molecule has 1 heterocycles. The summed E-state index contributed by atoms with van der Waals surface area (Å²) >= 11 is 0. The van der Waals surface area contributed by atoms with Crippen LogP contribution >= 0.6 is 0 Å². The Kier molecular flexibility index (Phi) is 4.42. The van der Waals surface area contributed by atoms with E-state index >= 15 is 0 Å². The zero-order chi connectivity index (χ0) is 12.4. The zero-order valence-corrected chi connectivity index (χ0v) is 11.7. The van der Waals surface area contributed by atoms with E-state index in [1.165, 1.54) is 25.8 Å². The van der Waals surface area contributed by atoms with Crippen LogP contribution < -0.4 is 0 Å². The Labute approximate surface area is 101 Å². The number of hydrogen-bond donors (Lipinski definition) is 1. The third kappa shape index (κ3) is 2.98. The highest BCUT2D eigenvalue weighted by molar-refractivity contribution is 4.91. The van der Waals surface area contributed by atoms with E-state index in [2.05, 4.69) is 32.6 Å². The maximum atomic E-state index is 10.3. The second kappa shape index (κ2) is 5.05. The van der Waals surface area contributed by atoms with Crippen LogP contribution in [0.5, 0.6) is 0 Å². The van der Waals surface area contributed by atoms with Crippen molar-refractivity contribution < 1.29 is 5.11 Å². The highest BCUT2D eigenvalue weighted by atomic mass is 16.3. The van der Waals surface area contributed by atoms with Gasteiger partial charge in [0.2, 0.25) is 0 Å². The smallest absolute Gasteiger partial charge is 0.0768 e. The summed E-state index contributed by atoms with van der Waals surface area (Å²) in [5, 5.41) is 10.3. The molecule has 2 nitrogen and oxygen atoms in total. The van der Waals surface area contributed by atoms with Crippen LogP contribution in [0, 0.1) is 11.3 Å². The molecule has 1 saturated heterocycles. The molecule has 16 heavy (non-hydrogen) atoms. The molecule has 1 aliphatic heterocycles. The van der Waals surface area contributed by atoms with Crippen LogP contribution in [0.3, 0.4) is 0 Å². The van der Waals surface area contributed by atoms with Gasteiger partial charge in [-0.1, -0.05) is 27.7 Å². The lowest BCUT2D eigenvalue weighted by atomic mass is 9.82. The monoisotopic (exact) mass is 227 g/mol. The Hall–Kier alpha value is -0.0800. The largest absolute Gasteiger partial charge is 0.389 e. The van der Waals surface area contributed by atoms with E-state index in [1.54, 1.807) is 0 Å². The molecule has 1 unspecified atom stereocenters. The number of likely N-dealkylation sites (tertiary alicyclic amines) is 1.